The fourth-order valence-corrected chi connectivity index (χ4v) is 0.589. The van der Waals surface area contributed by atoms with Crippen molar-refractivity contribution in [2.75, 3.05) is 0 Å². The standard InChI is InChI=1S/C3H10N4S/c4-1-2(5)8-3(6)7/h1,3H,4-7H2/b2-1-. The third-order valence-electron chi connectivity index (χ3n) is 0.436. The topological polar surface area (TPSA) is 104 Å². The van der Waals surface area contributed by atoms with Crippen molar-refractivity contribution in [2.24, 2.45) is 22.9 Å². The van der Waals surface area contributed by atoms with Gasteiger partial charge in [-0.25, -0.2) is 0 Å². The van der Waals surface area contributed by atoms with E-state index in [4.69, 9.17) is 22.9 Å². The molecule has 0 spiro atoms. The summed E-state index contributed by atoms with van der Waals surface area (Å²) in [5, 5.41) is 0.444. The molecule has 0 heterocycles. The molecule has 8 heavy (non-hydrogen) atoms. The molecule has 0 rings (SSSR count). The molecular formula is C3H10N4S. The zero-order valence-corrected chi connectivity index (χ0v) is 5.19. The number of hydrogen-bond donors (Lipinski definition) is 4. The minimum absolute atomic E-state index is 0.444. The highest BCUT2D eigenvalue weighted by Gasteiger charge is 1.93. The number of hydrogen-bond acceptors (Lipinski definition) is 5. The van der Waals surface area contributed by atoms with Gasteiger partial charge in [0.05, 0.1) is 5.03 Å². The average molecular weight is 134 g/mol. The number of nitrogens with two attached hydrogens (primary N) is 4. The van der Waals surface area contributed by atoms with Crippen molar-refractivity contribution in [3.8, 4) is 0 Å². The van der Waals surface area contributed by atoms with E-state index < -0.39 is 5.50 Å². The van der Waals surface area contributed by atoms with Crippen molar-refractivity contribution >= 4 is 11.8 Å². The Labute approximate surface area is 52.3 Å². The van der Waals surface area contributed by atoms with Gasteiger partial charge in [0.2, 0.25) is 0 Å². The van der Waals surface area contributed by atoms with Crippen LogP contribution in [0.3, 0.4) is 0 Å². The molecule has 0 aromatic heterocycles. The molecule has 0 radical (unpaired) electrons. The molecule has 48 valence electrons. The summed E-state index contributed by atoms with van der Waals surface area (Å²) in [5.41, 5.74) is 20.0. The zero-order valence-electron chi connectivity index (χ0n) is 4.37. The minimum Gasteiger partial charge on any atom is -0.403 e. The van der Waals surface area contributed by atoms with Gasteiger partial charge >= 0.3 is 0 Å². The van der Waals surface area contributed by atoms with Crippen LogP contribution in [0.2, 0.25) is 0 Å². The summed E-state index contributed by atoms with van der Waals surface area (Å²) in [5.74, 6) is 0. The van der Waals surface area contributed by atoms with Gasteiger partial charge in [0.25, 0.3) is 0 Å². The fourth-order valence-electron chi connectivity index (χ4n) is 0.196. The van der Waals surface area contributed by atoms with Crippen LogP contribution >= 0.6 is 11.8 Å². The average Bonchev–Trinajstić information content (AvgIpc) is 1.65. The molecule has 0 atom stereocenters. The van der Waals surface area contributed by atoms with Gasteiger partial charge in [-0.3, -0.25) is 0 Å². The Morgan fingerprint density at radius 1 is 1.50 bits per heavy atom. The van der Waals surface area contributed by atoms with E-state index in [-0.39, 0.29) is 0 Å². The van der Waals surface area contributed by atoms with Gasteiger partial charge in [0, 0.05) is 6.20 Å². The Hall–Kier alpha value is -0.390. The van der Waals surface area contributed by atoms with Crippen molar-refractivity contribution in [3.05, 3.63) is 11.2 Å². The van der Waals surface area contributed by atoms with Crippen LogP contribution in [0, 0.1) is 0 Å². The normalized spacial score (nSPS) is 12.6. The molecular weight excluding hydrogens is 124 g/mol. The second kappa shape index (κ2) is 3.59. The van der Waals surface area contributed by atoms with Crippen molar-refractivity contribution < 1.29 is 0 Å². The van der Waals surface area contributed by atoms with Gasteiger partial charge in [0.15, 0.2) is 0 Å². The molecule has 0 unspecified atom stereocenters. The monoisotopic (exact) mass is 134 g/mol. The lowest BCUT2D eigenvalue weighted by Crippen LogP contribution is -2.27. The van der Waals surface area contributed by atoms with Gasteiger partial charge in [-0.15, -0.1) is 0 Å². The predicted octanol–water partition coefficient (Wildman–Crippen LogP) is -1.36. The maximum atomic E-state index is 5.21. The summed E-state index contributed by atoms with van der Waals surface area (Å²) < 4.78 is 0. The first-order chi connectivity index (χ1) is 3.66. The lowest BCUT2D eigenvalue weighted by molar-refractivity contribution is 0.991. The first kappa shape index (κ1) is 7.61. The molecule has 0 amide bonds. The van der Waals surface area contributed by atoms with Crippen LogP contribution in [-0.2, 0) is 0 Å². The van der Waals surface area contributed by atoms with E-state index in [0.717, 1.165) is 11.8 Å². The van der Waals surface area contributed by atoms with Crippen LogP contribution in [0.25, 0.3) is 0 Å². The van der Waals surface area contributed by atoms with Gasteiger partial charge in [0.1, 0.15) is 5.50 Å². The molecule has 0 aromatic carbocycles. The molecule has 0 aromatic rings. The Bertz CT molecular complexity index is 89.3. The van der Waals surface area contributed by atoms with E-state index in [1.54, 1.807) is 0 Å². The van der Waals surface area contributed by atoms with Crippen molar-refractivity contribution in [1.29, 1.82) is 0 Å². The largest absolute Gasteiger partial charge is 0.403 e. The molecule has 0 bridgehead atoms. The molecule has 0 aliphatic heterocycles. The fraction of sp³-hybridized carbons (Fsp3) is 0.333. The van der Waals surface area contributed by atoms with Gasteiger partial charge in [-0.05, 0) is 0 Å². The summed E-state index contributed by atoms with van der Waals surface area (Å²) in [6.45, 7) is 0. The maximum absolute atomic E-state index is 5.21. The summed E-state index contributed by atoms with van der Waals surface area (Å²) in [6.07, 6.45) is 1.26. The van der Waals surface area contributed by atoms with Gasteiger partial charge in [-0.1, -0.05) is 11.8 Å². The highest BCUT2D eigenvalue weighted by Crippen LogP contribution is 2.06. The molecule has 4 nitrogen and oxygen atoms in total. The maximum Gasteiger partial charge on any atom is 0.106 e. The van der Waals surface area contributed by atoms with E-state index in [0.29, 0.717) is 5.03 Å². The molecule has 0 saturated heterocycles. The lowest BCUT2D eigenvalue weighted by Gasteiger charge is -2.01. The summed E-state index contributed by atoms with van der Waals surface area (Å²) in [4.78, 5) is 0. The van der Waals surface area contributed by atoms with E-state index in [1.165, 1.54) is 6.20 Å². The molecule has 0 fully saturated rings. The summed E-state index contributed by atoms with van der Waals surface area (Å²) in [6, 6.07) is 0. The van der Waals surface area contributed by atoms with Crippen molar-refractivity contribution in [3.63, 3.8) is 0 Å². The highest BCUT2D eigenvalue weighted by molar-refractivity contribution is 8.03. The molecule has 0 aliphatic rings. The van der Waals surface area contributed by atoms with Crippen LogP contribution in [-0.4, -0.2) is 5.50 Å². The number of thioether (sulfide) groups is 1. The van der Waals surface area contributed by atoms with Crippen LogP contribution in [0.1, 0.15) is 0 Å². The van der Waals surface area contributed by atoms with Crippen LogP contribution in [0.5, 0.6) is 0 Å². The lowest BCUT2D eigenvalue weighted by atomic mass is 11.0. The van der Waals surface area contributed by atoms with Crippen LogP contribution in [0.15, 0.2) is 11.2 Å². The van der Waals surface area contributed by atoms with E-state index in [9.17, 15) is 0 Å². The number of rotatable bonds is 2. The highest BCUT2D eigenvalue weighted by atomic mass is 32.2. The van der Waals surface area contributed by atoms with Crippen molar-refractivity contribution in [2.45, 2.75) is 5.50 Å². The third kappa shape index (κ3) is 3.79. The first-order valence-corrected chi connectivity index (χ1v) is 2.90. The second-order valence-electron chi connectivity index (χ2n) is 1.15. The van der Waals surface area contributed by atoms with Crippen LogP contribution in [0.4, 0.5) is 0 Å². The molecule has 0 saturated carbocycles. The van der Waals surface area contributed by atoms with E-state index >= 15 is 0 Å². The van der Waals surface area contributed by atoms with Crippen molar-refractivity contribution in [1.82, 2.24) is 0 Å². The third-order valence-corrected chi connectivity index (χ3v) is 1.12. The van der Waals surface area contributed by atoms with E-state index in [1.807, 2.05) is 0 Å². The summed E-state index contributed by atoms with van der Waals surface area (Å²) >= 11 is 1.12. The Morgan fingerprint density at radius 3 is 2.12 bits per heavy atom. The molecule has 0 aliphatic carbocycles. The smallest absolute Gasteiger partial charge is 0.106 e. The zero-order chi connectivity index (χ0) is 6.57. The molecule has 5 heteroatoms. The Kier molecular flexibility index (Phi) is 3.42. The SMILES string of the molecule is N/C=C(/N)SC(N)N. The molecule has 8 N–H and O–H groups in total. The predicted molar refractivity (Wildman–Crippen MR) is 36.2 cm³/mol. The van der Waals surface area contributed by atoms with Gasteiger partial charge in [-0.2, -0.15) is 0 Å². The van der Waals surface area contributed by atoms with Crippen LogP contribution < -0.4 is 22.9 Å². The Balaban J connectivity index is 3.39. The summed E-state index contributed by atoms with van der Waals surface area (Å²) in [7, 11) is 0. The van der Waals surface area contributed by atoms with Gasteiger partial charge < -0.3 is 22.9 Å². The minimum atomic E-state index is -0.477. The first-order valence-electron chi connectivity index (χ1n) is 2.02. The Morgan fingerprint density at radius 2 is 2.00 bits per heavy atom. The quantitative estimate of drug-likeness (QED) is 0.349. The van der Waals surface area contributed by atoms with E-state index in [2.05, 4.69) is 0 Å². The second-order valence-corrected chi connectivity index (χ2v) is 2.40.